The number of nitro benzene ring substituents is 1. The van der Waals surface area contributed by atoms with Crippen LogP contribution in [0.3, 0.4) is 0 Å². The summed E-state index contributed by atoms with van der Waals surface area (Å²) in [5, 5.41) is 11.2. The lowest BCUT2D eigenvalue weighted by Gasteiger charge is -2.04. The van der Waals surface area contributed by atoms with Crippen LogP contribution in [0.25, 0.3) is 18.2 Å². The maximum atomic E-state index is 11.2. The second kappa shape index (κ2) is 10.0. The first-order chi connectivity index (χ1) is 13.8. The summed E-state index contributed by atoms with van der Waals surface area (Å²) in [7, 11) is 1.52. The Hall–Kier alpha value is -3.66. The predicted molar refractivity (Wildman–Crippen MR) is 122 cm³/mol. The minimum atomic E-state index is -0.414. The number of hydrogen-bond acceptors (Lipinski definition) is 3. The van der Waals surface area contributed by atoms with Gasteiger partial charge in [0.15, 0.2) is 0 Å². The predicted octanol–water partition coefficient (Wildman–Crippen LogP) is 6.78. The summed E-state index contributed by atoms with van der Waals surface area (Å²) in [4.78, 5) is 10.8. The smallest absolute Gasteiger partial charge is 0.276 e. The van der Waals surface area contributed by atoms with E-state index >= 15 is 0 Å². The monoisotopic (exact) mass is 387 g/mol. The van der Waals surface area contributed by atoms with E-state index in [0.29, 0.717) is 17.7 Å². The van der Waals surface area contributed by atoms with Gasteiger partial charge in [0.05, 0.1) is 17.6 Å². The van der Waals surface area contributed by atoms with E-state index < -0.39 is 4.92 Å². The first-order valence-electron chi connectivity index (χ1n) is 9.11. The Morgan fingerprint density at radius 1 is 1.07 bits per heavy atom. The molecular weight excluding hydrogens is 362 g/mol. The molecule has 4 nitrogen and oxygen atoms in total. The van der Waals surface area contributed by atoms with E-state index in [1.807, 2.05) is 37.3 Å². The number of allylic oxidation sites excluding steroid dienone is 4. The third kappa shape index (κ3) is 6.18. The van der Waals surface area contributed by atoms with Crippen molar-refractivity contribution in [1.29, 1.82) is 0 Å². The van der Waals surface area contributed by atoms with Crippen LogP contribution >= 0.6 is 0 Å². The first kappa shape index (κ1) is 21.6. The summed E-state index contributed by atoms with van der Waals surface area (Å²) in [5.74, 6) is 0.561. The summed E-state index contributed by atoms with van der Waals surface area (Å²) >= 11 is 0. The third-order valence-electron chi connectivity index (χ3n) is 4.41. The fourth-order valence-electron chi connectivity index (χ4n) is 2.82. The average Bonchev–Trinajstić information content (AvgIpc) is 2.70. The van der Waals surface area contributed by atoms with Gasteiger partial charge in [0, 0.05) is 6.07 Å². The van der Waals surface area contributed by atoms with Crippen LogP contribution in [0.15, 0.2) is 79.4 Å². The lowest BCUT2D eigenvalue weighted by Crippen LogP contribution is -1.93. The normalized spacial score (nSPS) is 11.0. The van der Waals surface area contributed by atoms with Gasteiger partial charge in [-0.15, -0.1) is 0 Å². The Balaban J connectivity index is 2.05. The van der Waals surface area contributed by atoms with Gasteiger partial charge in [-0.2, -0.15) is 0 Å². The van der Waals surface area contributed by atoms with E-state index in [4.69, 9.17) is 4.74 Å². The number of nitro groups is 1. The molecule has 0 bridgehead atoms. The van der Waals surface area contributed by atoms with Crippen molar-refractivity contribution in [3.05, 3.63) is 112 Å². The van der Waals surface area contributed by atoms with E-state index in [0.717, 1.165) is 22.3 Å². The minimum Gasteiger partial charge on any atom is -0.497 e. The van der Waals surface area contributed by atoms with Gasteiger partial charge in [0.25, 0.3) is 5.69 Å². The van der Waals surface area contributed by atoms with Crippen molar-refractivity contribution in [1.82, 2.24) is 0 Å². The Morgan fingerprint density at radius 3 is 2.34 bits per heavy atom. The number of methoxy groups -OCH3 is 1. The second-order valence-corrected chi connectivity index (χ2v) is 6.66. The number of ether oxygens (including phenoxy) is 1. The molecule has 4 heteroatoms. The summed E-state index contributed by atoms with van der Waals surface area (Å²) in [6.45, 7) is 13.9. The molecule has 0 aliphatic heterocycles. The Morgan fingerprint density at radius 2 is 1.76 bits per heavy atom. The molecule has 0 spiro atoms. The number of rotatable bonds is 9. The molecule has 0 heterocycles. The maximum absolute atomic E-state index is 11.2. The molecule has 148 valence electrons. The van der Waals surface area contributed by atoms with Crippen LogP contribution in [0.1, 0.15) is 28.7 Å². The number of hydrogen-bond donors (Lipinski definition) is 0. The van der Waals surface area contributed by atoms with Gasteiger partial charge < -0.3 is 4.74 Å². The van der Waals surface area contributed by atoms with Crippen molar-refractivity contribution >= 4 is 23.9 Å². The summed E-state index contributed by atoms with van der Waals surface area (Å²) in [6, 6.07) is 10.8. The van der Waals surface area contributed by atoms with Crippen LogP contribution in [-0.2, 0) is 0 Å². The van der Waals surface area contributed by atoms with Gasteiger partial charge in [0.1, 0.15) is 5.75 Å². The molecule has 2 aromatic carbocycles. The van der Waals surface area contributed by atoms with E-state index in [2.05, 4.69) is 25.8 Å². The van der Waals surface area contributed by atoms with Gasteiger partial charge in [0.2, 0.25) is 0 Å². The first-order valence-corrected chi connectivity index (χ1v) is 9.11. The highest BCUT2D eigenvalue weighted by molar-refractivity contribution is 5.65. The molecule has 0 aliphatic carbocycles. The average molecular weight is 387 g/mol. The molecule has 0 amide bonds. The van der Waals surface area contributed by atoms with Crippen molar-refractivity contribution in [2.75, 3.05) is 7.11 Å². The van der Waals surface area contributed by atoms with Gasteiger partial charge in [-0.25, -0.2) is 0 Å². The van der Waals surface area contributed by atoms with Gasteiger partial charge in [-0.05, 0) is 48.2 Å². The van der Waals surface area contributed by atoms with Gasteiger partial charge in [-0.1, -0.05) is 73.4 Å². The van der Waals surface area contributed by atoms with Crippen LogP contribution in [0.4, 0.5) is 5.69 Å². The Labute approximate surface area is 172 Å². The lowest BCUT2D eigenvalue weighted by molar-refractivity contribution is -0.385. The highest BCUT2D eigenvalue weighted by atomic mass is 16.6. The van der Waals surface area contributed by atoms with Crippen molar-refractivity contribution in [2.24, 2.45) is 0 Å². The van der Waals surface area contributed by atoms with Crippen LogP contribution < -0.4 is 4.74 Å². The molecular formula is C25H25NO3. The zero-order valence-electron chi connectivity index (χ0n) is 16.9. The SMILES string of the molecule is C=Cc1ccc(/C=C/C(=C)CC(=C)/C=C/c2cc(OC)ccc2[N+](=O)[O-])cc1C. The molecule has 2 aromatic rings. The standard InChI is InChI=1S/C25H25NO3/c1-6-22-12-10-21(16-20(22)4)9-7-18(2)15-19(3)8-11-23-17-24(29-5)13-14-25(23)26(27)28/h6-14,16-17H,1-3,15H2,4-5H3/b9-7+,11-8+. The van der Waals surface area contributed by atoms with Crippen LogP contribution in [0.2, 0.25) is 0 Å². The van der Waals surface area contributed by atoms with E-state index in [1.165, 1.54) is 18.7 Å². The summed E-state index contributed by atoms with van der Waals surface area (Å²) < 4.78 is 5.15. The fraction of sp³-hybridized carbons (Fsp3) is 0.120. The molecule has 0 aromatic heterocycles. The van der Waals surface area contributed by atoms with Crippen molar-refractivity contribution < 1.29 is 9.66 Å². The topological polar surface area (TPSA) is 52.4 Å². The largest absolute Gasteiger partial charge is 0.497 e. The quantitative estimate of drug-likeness (QED) is 0.270. The minimum absolute atomic E-state index is 0.0203. The zero-order chi connectivity index (χ0) is 21.4. The molecule has 0 fully saturated rings. The number of nitrogens with zero attached hydrogens (tertiary/aromatic N) is 1. The Bertz CT molecular complexity index is 1010. The van der Waals surface area contributed by atoms with E-state index in [-0.39, 0.29) is 5.69 Å². The molecule has 0 saturated carbocycles. The summed E-state index contributed by atoms with van der Waals surface area (Å²) in [6.07, 6.45) is 9.81. The number of benzene rings is 2. The molecule has 0 radical (unpaired) electrons. The van der Waals surface area contributed by atoms with Gasteiger partial charge in [-0.3, -0.25) is 10.1 Å². The highest BCUT2D eigenvalue weighted by Crippen LogP contribution is 2.26. The van der Waals surface area contributed by atoms with Crippen LogP contribution in [-0.4, -0.2) is 12.0 Å². The van der Waals surface area contributed by atoms with Crippen LogP contribution in [0, 0.1) is 17.0 Å². The van der Waals surface area contributed by atoms with E-state index in [1.54, 1.807) is 24.3 Å². The lowest BCUT2D eigenvalue weighted by atomic mass is 10.0. The second-order valence-electron chi connectivity index (χ2n) is 6.66. The molecule has 0 atom stereocenters. The van der Waals surface area contributed by atoms with Crippen molar-refractivity contribution in [3.8, 4) is 5.75 Å². The Kier molecular flexibility index (Phi) is 7.49. The van der Waals surface area contributed by atoms with E-state index in [9.17, 15) is 10.1 Å². The van der Waals surface area contributed by atoms with Crippen molar-refractivity contribution in [3.63, 3.8) is 0 Å². The molecule has 29 heavy (non-hydrogen) atoms. The van der Waals surface area contributed by atoms with Crippen LogP contribution in [0.5, 0.6) is 5.75 Å². The molecule has 0 unspecified atom stereocenters. The molecule has 2 rings (SSSR count). The molecule has 0 N–H and O–H groups in total. The third-order valence-corrected chi connectivity index (χ3v) is 4.41. The molecule has 0 aliphatic rings. The number of aryl methyl sites for hydroxylation is 1. The maximum Gasteiger partial charge on any atom is 0.276 e. The van der Waals surface area contributed by atoms with Gasteiger partial charge >= 0.3 is 0 Å². The van der Waals surface area contributed by atoms with Crippen molar-refractivity contribution in [2.45, 2.75) is 13.3 Å². The molecule has 0 saturated heterocycles. The fourth-order valence-corrected chi connectivity index (χ4v) is 2.82. The highest BCUT2D eigenvalue weighted by Gasteiger charge is 2.12. The summed E-state index contributed by atoms with van der Waals surface area (Å²) in [5.41, 5.74) is 5.55. The zero-order valence-corrected chi connectivity index (χ0v) is 16.9.